The summed E-state index contributed by atoms with van der Waals surface area (Å²) in [6, 6.07) is 6.04. The minimum Gasteiger partial charge on any atom is -0.496 e. The van der Waals surface area contributed by atoms with E-state index in [0.717, 1.165) is 29.8 Å². The Morgan fingerprint density at radius 1 is 1.41 bits per heavy atom. The third-order valence-electron chi connectivity index (χ3n) is 3.34. The molecule has 0 atom stereocenters. The smallest absolute Gasteiger partial charge is 0.304 e. The molecule has 0 unspecified atom stereocenters. The van der Waals surface area contributed by atoms with E-state index in [-0.39, 0.29) is 13.0 Å². The normalized spacial score (nSPS) is 10.9. The van der Waals surface area contributed by atoms with Gasteiger partial charge in [0.05, 0.1) is 13.5 Å². The number of aliphatic carboxylic acids is 1. The second kappa shape index (κ2) is 10.2. The molecule has 0 aromatic heterocycles. The minimum absolute atomic E-state index is 0.139. The van der Waals surface area contributed by atoms with Crippen molar-refractivity contribution in [1.82, 2.24) is 10.2 Å². The Balaban J connectivity index is 2.57. The van der Waals surface area contributed by atoms with Crippen LogP contribution in [0.15, 0.2) is 18.2 Å². The minimum atomic E-state index is -0.784. The SMILES string of the molecule is COc1cc(CN(C)CCC(=O)O)ccc1CNCCCO. The van der Waals surface area contributed by atoms with Crippen molar-refractivity contribution in [2.75, 3.05) is 33.9 Å². The van der Waals surface area contributed by atoms with Crippen LogP contribution in [0, 0.1) is 0 Å². The number of methoxy groups -OCH3 is 1. The van der Waals surface area contributed by atoms with Crippen LogP contribution in [0.2, 0.25) is 0 Å². The second-order valence-corrected chi connectivity index (χ2v) is 5.28. The third kappa shape index (κ3) is 6.89. The lowest BCUT2D eigenvalue weighted by Gasteiger charge is -2.17. The predicted octanol–water partition coefficient (Wildman–Crippen LogP) is 1.07. The highest BCUT2D eigenvalue weighted by Gasteiger charge is 2.07. The maximum atomic E-state index is 10.6. The van der Waals surface area contributed by atoms with Crippen molar-refractivity contribution < 1.29 is 19.7 Å². The van der Waals surface area contributed by atoms with E-state index in [1.165, 1.54) is 0 Å². The van der Waals surface area contributed by atoms with E-state index < -0.39 is 5.97 Å². The molecule has 1 rings (SSSR count). The fourth-order valence-corrected chi connectivity index (χ4v) is 2.14. The fraction of sp³-hybridized carbons (Fsp3) is 0.562. The van der Waals surface area contributed by atoms with Gasteiger partial charge in [-0.05, 0) is 31.6 Å². The first-order valence-electron chi connectivity index (χ1n) is 7.44. The van der Waals surface area contributed by atoms with Gasteiger partial charge in [0.1, 0.15) is 5.75 Å². The van der Waals surface area contributed by atoms with Gasteiger partial charge in [0.25, 0.3) is 0 Å². The first kappa shape index (κ1) is 18.4. The molecule has 0 fully saturated rings. The zero-order valence-electron chi connectivity index (χ0n) is 13.3. The average Bonchev–Trinajstić information content (AvgIpc) is 2.50. The van der Waals surface area contributed by atoms with Gasteiger partial charge in [0.2, 0.25) is 0 Å². The number of ether oxygens (including phenoxy) is 1. The van der Waals surface area contributed by atoms with Crippen LogP contribution < -0.4 is 10.1 Å². The van der Waals surface area contributed by atoms with Gasteiger partial charge in [0.15, 0.2) is 0 Å². The van der Waals surface area contributed by atoms with E-state index in [1.54, 1.807) is 7.11 Å². The number of carboxylic acid groups (broad SMARTS) is 1. The zero-order valence-corrected chi connectivity index (χ0v) is 13.3. The van der Waals surface area contributed by atoms with Gasteiger partial charge in [-0.1, -0.05) is 12.1 Å². The molecule has 6 heteroatoms. The molecule has 0 aliphatic carbocycles. The summed E-state index contributed by atoms with van der Waals surface area (Å²) in [5.74, 6) is 0.0364. The number of aliphatic hydroxyl groups excluding tert-OH is 1. The molecule has 0 aliphatic heterocycles. The van der Waals surface area contributed by atoms with E-state index >= 15 is 0 Å². The first-order valence-corrected chi connectivity index (χ1v) is 7.44. The van der Waals surface area contributed by atoms with Crippen molar-refractivity contribution >= 4 is 5.97 Å². The molecule has 3 N–H and O–H groups in total. The van der Waals surface area contributed by atoms with Crippen molar-refractivity contribution in [1.29, 1.82) is 0 Å². The highest BCUT2D eigenvalue weighted by atomic mass is 16.5. The zero-order chi connectivity index (χ0) is 16.4. The topological polar surface area (TPSA) is 82.0 Å². The Kier molecular flexibility index (Phi) is 8.50. The molecule has 124 valence electrons. The molecular formula is C16H26N2O4. The molecular weight excluding hydrogens is 284 g/mol. The van der Waals surface area contributed by atoms with Crippen LogP contribution in [0.3, 0.4) is 0 Å². The molecule has 22 heavy (non-hydrogen) atoms. The van der Waals surface area contributed by atoms with Gasteiger partial charge >= 0.3 is 5.97 Å². The Hall–Kier alpha value is -1.63. The van der Waals surface area contributed by atoms with Crippen LogP contribution in [0.5, 0.6) is 5.75 Å². The Labute approximate surface area is 131 Å². The molecule has 0 radical (unpaired) electrons. The number of nitrogens with zero attached hydrogens (tertiary/aromatic N) is 1. The monoisotopic (exact) mass is 310 g/mol. The lowest BCUT2D eigenvalue weighted by atomic mass is 10.1. The highest BCUT2D eigenvalue weighted by Crippen LogP contribution is 2.21. The summed E-state index contributed by atoms with van der Waals surface area (Å²) in [6.45, 7) is 2.84. The summed E-state index contributed by atoms with van der Waals surface area (Å²) in [6.07, 6.45) is 0.870. The van der Waals surface area contributed by atoms with Crippen LogP contribution >= 0.6 is 0 Å². The molecule has 0 saturated heterocycles. The van der Waals surface area contributed by atoms with Crippen LogP contribution in [-0.2, 0) is 17.9 Å². The lowest BCUT2D eigenvalue weighted by molar-refractivity contribution is -0.137. The Morgan fingerprint density at radius 3 is 2.82 bits per heavy atom. The first-order chi connectivity index (χ1) is 10.6. The largest absolute Gasteiger partial charge is 0.496 e. The number of nitrogens with one attached hydrogen (secondary N) is 1. The molecule has 0 spiro atoms. The quantitative estimate of drug-likeness (QED) is 0.531. The molecule has 0 bridgehead atoms. The maximum absolute atomic E-state index is 10.6. The number of aliphatic hydroxyl groups is 1. The van der Waals surface area contributed by atoms with Crippen molar-refractivity contribution in [3.63, 3.8) is 0 Å². The van der Waals surface area contributed by atoms with Crippen LogP contribution in [0.1, 0.15) is 24.0 Å². The molecule has 0 saturated carbocycles. The van der Waals surface area contributed by atoms with E-state index in [9.17, 15) is 4.79 Å². The van der Waals surface area contributed by atoms with Crippen molar-refractivity contribution in [2.24, 2.45) is 0 Å². The molecule has 0 amide bonds. The number of rotatable bonds is 11. The molecule has 6 nitrogen and oxygen atoms in total. The summed E-state index contributed by atoms with van der Waals surface area (Å²) in [4.78, 5) is 12.6. The van der Waals surface area contributed by atoms with Gasteiger partial charge in [-0.2, -0.15) is 0 Å². The molecule has 0 aliphatic rings. The van der Waals surface area contributed by atoms with E-state index in [4.69, 9.17) is 14.9 Å². The van der Waals surface area contributed by atoms with Crippen molar-refractivity contribution in [3.8, 4) is 5.75 Å². The number of carboxylic acids is 1. The van der Waals surface area contributed by atoms with Gasteiger partial charge in [-0.3, -0.25) is 4.79 Å². The van der Waals surface area contributed by atoms with Gasteiger partial charge < -0.3 is 25.2 Å². The van der Waals surface area contributed by atoms with E-state index in [1.807, 2.05) is 30.1 Å². The molecule has 0 heterocycles. The standard InChI is InChI=1S/C16H26N2O4/c1-18(8-6-16(20)21)12-13-4-5-14(15(10-13)22-2)11-17-7-3-9-19/h4-5,10,17,19H,3,6-9,11-12H2,1-2H3,(H,20,21). The molecule has 1 aromatic carbocycles. The van der Waals surface area contributed by atoms with Crippen LogP contribution in [0.25, 0.3) is 0 Å². The van der Waals surface area contributed by atoms with E-state index in [0.29, 0.717) is 19.6 Å². The number of benzene rings is 1. The highest BCUT2D eigenvalue weighted by molar-refractivity contribution is 5.66. The Bertz CT molecular complexity index is 465. The third-order valence-corrected chi connectivity index (χ3v) is 3.34. The van der Waals surface area contributed by atoms with Gasteiger partial charge in [-0.25, -0.2) is 0 Å². The predicted molar refractivity (Wildman–Crippen MR) is 85.0 cm³/mol. The average molecular weight is 310 g/mol. The summed E-state index contributed by atoms with van der Waals surface area (Å²) < 4.78 is 5.42. The lowest BCUT2D eigenvalue weighted by Crippen LogP contribution is -2.21. The second-order valence-electron chi connectivity index (χ2n) is 5.28. The fourth-order valence-electron chi connectivity index (χ4n) is 2.14. The summed E-state index contributed by atoms with van der Waals surface area (Å²) in [5.41, 5.74) is 2.15. The van der Waals surface area contributed by atoms with E-state index in [2.05, 4.69) is 5.32 Å². The number of hydrogen-bond donors (Lipinski definition) is 3. The molecule has 1 aromatic rings. The number of hydrogen-bond acceptors (Lipinski definition) is 5. The maximum Gasteiger partial charge on any atom is 0.304 e. The summed E-state index contributed by atoms with van der Waals surface area (Å²) >= 11 is 0. The van der Waals surface area contributed by atoms with Crippen LogP contribution in [0.4, 0.5) is 0 Å². The van der Waals surface area contributed by atoms with Crippen LogP contribution in [-0.4, -0.2) is 54.9 Å². The number of carbonyl (C=O) groups is 1. The summed E-state index contributed by atoms with van der Waals surface area (Å²) in [7, 11) is 3.55. The Morgan fingerprint density at radius 2 is 2.18 bits per heavy atom. The van der Waals surface area contributed by atoms with Gasteiger partial charge in [-0.15, -0.1) is 0 Å². The van der Waals surface area contributed by atoms with Gasteiger partial charge in [0, 0.05) is 31.8 Å². The van der Waals surface area contributed by atoms with Crippen molar-refractivity contribution in [3.05, 3.63) is 29.3 Å². The summed E-state index contributed by atoms with van der Waals surface area (Å²) in [5, 5.41) is 20.7. The van der Waals surface area contributed by atoms with Crippen molar-refractivity contribution in [2.45, 2.75) is 25.9 Å².